The van der Waals surface area contributed by atoms with E-state index in [1.54, 1.807) is 0 Å². The fraction of sp³-hybridized carbons (Fsp3) is 0.375. The molecule has 0 aromatic carbocycles. The third-order valence-corrected chi connectivity index (χ3v) is 1.66. The van der Waals surface area contributed by atoms with Crippen LogP contribution >= 0.6 is 0 Å². The fourth-order valence-electron chi connectivity index (χ4n) is 0.802. The molecule has 2 atom stereocenters. The Hall–Kier alpha value is -1.85. The van der Waals surface area contributed by atoms with Crippen molar-refractivity contribution in [1.82, 2.24) is 0 Å². The van der Waals surface area contributed by atoms with E-state index in [1.807, 2.05) is 0 Å². The van der Waals surface area contributed by atoms with E-state index in [9.17, 15) is 14.4 Å². The van der Waals surface area contributed by atoms with Gasteiger partial charge in [-0.2, -0.15) is 0 Å². The summed E-state index contributed by atoms with van der Waals surface area (Å²) in [5, 5.41) is 25.4. The van der Waals surface area contributed by atoms with E-state index in [1.165, 1.54) is 6.92 Å². The number of carboxylic acids is 3. The molecule has 0 aliphatic rings. The Labute approximate surface area is 79.5 Å². The molecule has 0 rings (SSSR count). The molecular formula is C8H10O6. The summed E-state index contributed by atoms with van der Waals surface area (Å²) >= 11 is 0. The van der Waals surface area contributed by atoms with Crippen LogP contribution in [0, 0.1) is 11.8 Å². The van der Waals surface area contributed by atoms with Gasteiger partial charge in [0.1, 0.15) is 0 Å². The predicted molar refractivity (Wildman–Crippen MR) is 44.7 cm³/mol. The van der Waals surface area contributed by atoms with Crippen molar-refractivity contribution in [3.63, 3.8) is 0 Å². The summed E-state index contributed by atoms with van der Waals surface area (Å²) in [7, 11) is 0. The highest BCUT2D eigenvalue weighted by Gasteiger charge is 2.27. The second kappa shape index (κ2) is 5.00. The van der Waals surface area contributed by atoms with Crippen molar-refractivity contribution in [2.75, 3.05) is 0 Å². The van der Waals surface area contributed by atoms with Gasteiger partial charge in [0.2, 0.25) is 0 Å². The lowest BCUT2D eigenvalue weighted by Crippen LogP contribution is -2.26. The highest BCUT2D eigenvalue weighted by Crippen LogP contribution is 2.13. The first-order valence-corrected chi connectivity index (χ1v) is 3.73. The predicted octanol–water partition coefficient (Wildman–Crippen LogP) is 0.0487. The fourth-order valence-corrected chi connectivity index (χ4v) is 0.802. The number of hydrogen-bond donors (Lipinski definition) is 3. The van der Waals surface area contributed by atoms with Crippen LogP contribution in [-0.4, -0.2) is 33.2 Å². The molecular weight excluding hydrogens is 192 g/mol. The molecule has 2 unspecified atom stereocenters. The zero-order chi connectivity index (χ0) is 11.3. The first-order chi connectivity index (χ1) is 6.36. The molecule has 0 aromatic rings. The van der Waals surface area contributed by atoms with Crippen molar-refractivity contribution < 1.29 is 29.7 Å². The lowest BCUT2D eigenvalue weighted by atomic mass is 9.94. The number of hydrogen-bond acceptors (Lipinski definition) is 3. The Morgan fingerprint density at radius 2 is 1.57 bits per heavy atom. The van der Waals surface area contributed by atoms with Crippen LogP contribution in [0.3, 0.4) is 0 Å². The van der Waals surface area contributed by atoms with E-state index >= 15 is 0 Å². The van der Waals surface area contributed by atoms with Crippen LogP contribution in [0.15, 0.2) is 12.2 Å². The second-order valence-electron chi connectivity index (χ2n) is 2.69. The maximum atomic E-state index is 10.6. The van der Waals surface area contributed by atoms with Crippen LogP contribution in [0.4, 0.5) is 0 Å². The topological polar surface area (TPSA) is 112 Å². The summed E-state index contributed by atoms with van der Waals surface area (Å²) in [6, 6.07) is 0. The van der Waals surface area contributed by atoms with Gasteiger partial charge in [0, 0.05) is 6.08 Å². The van der Waals surface area contributed by atoms with E-state index in [4.69, 9.17) is 15.3 Å². The highest BCUT2D eigenvalue weighted by molar-refractivity contribution is 5.84. The Morgan fingerprint density at radius 1 is 1.07 bits per heavy atom. The van der Waals surface area contributed by atoms with Gasteiger partial charge >= 0.3 is 17.9 Å². The monoisotopic (exact) mass is 202 g/mol. The van der Waals surface area contributed by atoms with Crippen molar-refractivity contribution in [2.45, 2.75) is 6.92 Å². The molecule has 0 amide bonds. The van der Waals surface area contributed by atoms with Crippen LogP contribution in [0.1, 0.15) is 6.92 Å². The van der Waals surface area contributed by atoms with Crippen LogP contribution < -0.4 is 0 Å². The molecule has 0 aromatic heterocycles. The molecule has 0 radical (unpaired) electrons. The SMILES string of the molecule is CC(C(=O)O)C(C=CC(=O)O)C(=O)O. The van der Waals surface area contributed by atoms with Gasteiger partial charge in [0.25, 0.3) is 0 Å². The molecule has 6 nitrogen and oxygen atoms in total. The van der Waals surface area contributed by atoms with Crippen molar-refractivity contribution in [3.8, 4) is 0 Å². The van der Waals surface area contributed by atoms with Crippen LogP contribution in [-0.2, 0) is 14.4 Å². The van der Waals surface area contributed by atoms with Crippen molar-refractivity contribution in [2.24, 2.45) is 11.8 Å². The number of aliphatic carboxylic acids is 3. The number of rotatable bonds is 5. The summed E-state index contributed by atoms with van der Waals surface area (Å²) in [5.41, 5.74) is 0. The molecule has 0 spiro atoms. The molecule has 0 heterocycles. The average molecular weight is 202 g/mol. The zero-order valence-corrected chi connectivity index (χ0v) is 7.38. The van der Waals surface area contributed by atoms with Crippen molar-refractivity contribution in [1.29, 1.82) is 0 Å². The van der Waals surface area contributed by atoms with E-state index < -0.39 is 29.7 Å². The van der Waals surface area contributed by atoms with Gasteiger partial charge in [-0.1, -0.05) is 13.0 Å². The van der Waals surface area contributed by atoms with Crippen LogP contribution in [0.2, 0.25) is 0 Å². The second-order valence-corrected chi connectivity index (χ2v) is 2.69. The summed E-state index contributed by atoms with van der Waals surface area (Å²) in [6.45, 7) is 1.20. The smallest absolute Gasteiger partial charge is 0.328 e. The molecule has 78 valence electrons. The Morgan fingerprint density at radius 3 is 1.86 bits per heavy atom. The quantitative estimate of drug-likeness (QED) is 0.543. The van der Waals surface area contributed by atoms with Gasteiger partial charge in [-0.05, 0) is 0 Å². The van der Waals surface area contributed by atoms with E-state index in [0.29, 0.717) is 6.08 Å². The Balaban J connectivity index is 4.69. The minimum absolute atomic E-state index is 0.623. The minimum Gasteiger partial charge on any atom is -0.481 e. The van der Waals surface area contributed by atoms with E-state index in [0.717, 1.165) is 6.08 Å². The third-order valence-electron chi connectivity index (χ3n) is 1.66. The number of carboxylic acid groups (broad SMARTS) is 3. The molecule has 14 heavy (non-hydrogen) atoms. The minimum atomic E-state index is -1.36. The summed E-state index contributed by atoms with van der Waals surface area (Å²) in [6.07, 6.45) is 1.47. The normalized spacial score (nSPS) is 14.9. The summed E-state index contributed by atoms with van der Waals surface area (Å²) in [5.74, 6) is -6.45. The third kappa shape index (κ3) is 3.70. The molecule has 0 bridgehead atoms. The van der Waals surface area contributed by atoms with Gasteiger partial charge in [-0.25, -0.2) is 4.79 Å². The van der Waals surface area contributed by atoms with Gasteiger partial charge in [-0.15, -0.1) is 0 Å². The first kappa shape index (κ1) is 12.2. The highest BCUT2D eigenvalue weighted by atomic mass is 16.4. The summed E-state index contributed by atoms with van der Waals surface area (Å²) < 4.78 is 0. The van der Waals surface area contributed by atoms with E-state index in [2.05, 4.69) is 0 Å². The van der Waals surface area contributed by atoms with Gasteiger partial charge in [0.15, 0.2) is 0 Å². The van der Waals surface area contributed by atoms with Gasteiger partial charge < -0.3 is 15.3 Å². The average Bonchev–Trinajstić information content (AvgIpc) is 2.02. The maximum absolute atomic E-state index is 10.6. The summed E-state index contributed by atoms with van der Waals surface area (Å²) in [4.78, 5) is 31.1. The Kier molecular flexibility index (Phi) is 4.34. The van der Waals surface area contributed by atoms with Crippen molar-refractivity contribution >= 4 is 17.9 Å². The lowest BCUT2D eigenvalue weighted by molar-refractivity contribution is -0.151. The van der Waals surface area contributed by atoms with Crippen LogP contribution in [0.5, 0.6) is 0 Å². The molecule has 0 aliphatic carbocycles. The van der Waals surface area contributed by atoms with Gasteiger partial charge in [0.05, 0.1) is 11.8 Å². The zero-order valence-electron chi connectivity index (χ0n) is 7.38. The molecule has 6 heteroatoms. The number of carbonyl (C=O) groups is 3. The Bertz CT molecular complexity index is 280. The van der Waals surface area contributed by atoms with E-state index in [-0.39, 0.29) is 0 Å². The first-order valence-electron chi connectivity index (χ1n) is 3.73. The molecule has 0 saturated carbocycles. The molecule has 0 fully saturated rings. The molecule has 0 saturated heterocycles. The maximum Gasteiger partial charge on any atom is 0.328 e. The molecule has 0 aliphatic heterocycles. The van der Waals surface area contributed by atoms with Gasteiger partial charge in [-0.3, -0.25) is 9.59 Å². The van der Waals surface area contributed by atoms with Crippen LogP contribution in [0.25, 0.3) is 0 Å². The van der Waals surface area contributed by atoms with Crippen molar-refractivity contribution in [3.05, 3.63) is 12.2 Å². The largest absolute Gasteiger partial charge is 0.481 e. The molecule has 3 N–H and O–H groups in total. The standard InChI is InChI=1S/C8H10O6/c1-4(7(11)12)5(8(13)14)2-3-6(9)10/h2-5H,1H3,(H,9,10)(H,11,12)(H,13,14). The lowest BCUT2D eigenvalue weighted by Gasteiger charge is -2.11.